The molecule has 0 aliphatic carbocycles. The number of hydrogen-bond donors (Lipinski definition) is 0. The Labute approximate surface area is 162 Å². The molecule has 148 valence electrons. The van der Waals surface area contributed by atoms with Gasteiger partial charge in [-0.3, -0.25) is 14.4 Å². The number of piperidine rings is 1. The summed E-state index contributed by atoms with van der Waals surface area (Å²) in [7, 11) is -2.08. The van der Waals surface area contributed by atoms with Gasteiger partial charge in [-0.1, -0.05) is 17.7 Å². The van der Waals surface area contributed by atoms with Gasteiger partial charge in [0.25, 0.3) is 10.0 Å². The summed E-state index contributed by atoms with van der Waals surface area (Å²) in [6.45, 7) is 3.45. The minimum absolute atomic E-state index is 0.0267. The van der Waals surface area contributed by atoms with E-state index in [9.17, 15) is 22.9 Å². The van der Waals surface area contributed by atoms with Crippen LogP contribution >= 0.6 is 0 Å². The van der Waals surface area contributed by atoms with E-state index in [1.54, 1.807) is 6.07 Å². The van der Waals surface area contributed by atoms with Crippen molar-refractivity contribution < 1.29 is 17.7 Å². The van der Waals surface area contributed by atoms with Gasteiger partial charge in [0, 0.05) is 18.5 Å². The van der Waals surface area contributed by atoms with Crippen molar-refractivity contribution in [2.24, 2.45) is 0 Å². The summed E-state index contributed by atoms with van der Waals surface area (Å²) in [5.74, 6) is -1.03. The largest absolute Gasteiger partial charge is 0.306 e. The highest BCUT2D eigenvalue weighted by atomic mass is 32.2. The third-order valence-corrected chi connectivity index (χ3v) is 7.41. The Morgan fingerprint density at radius 1 is 1.21 bits per heavy atom. The quantitative estimate of drug-likeness (QED) is 0.579. The topological polar surface area (TPSA) is 83.8 Å². The molecule has 9 heteroatoms. The van der Waals surface area contributed by atoms with Crippen molar-refractivity contribution in [1.82, 2.24) is 4.90 Å². The van der Waals surface area contributed by atoms with E-state index in [0.717, 1.165) is 42.4 Å². The molecule has 28 heavy (non-hydrogen) atoms. The van der Waals surface area contributed by atoms with E-state index >= 15 is 0 Å². The molecule has 0 saturated carbocycles. The van der Waals surface area contributed by atoms with Crippen molar-refractivity contribution >= 4 is 21.4 Å². The van der Waals surface area contributed by atoms with Crippen LogP contribution in [0.25, 0.3) is 0 Å². The zero-order valence-corrected chi connectivity index (χ0v) is 16.3. The van der Waals surface area contributed by atoms with Gasteiger partial charge >= 0.3 is 5.69 Å². The van der Waals surface area contributed by atoms with Gasteiger partial charge in [-0.25, -0.2) is 8.42 Å². The number of aryl methyl sites for hydroxylation is 1. The van der Waals surface area contributed by atoms with Crippen molar-refractivity contribution in [3.8, 4) is 0 Å². The summed E-state index contributed by atoms with van der Waals surface area (Å²) in [5, 5.41) is 11.1. The minimum atomic E-state index is -4.08. The number of likely N-dealkylation sites (N-methyl/N-ethyl adjacent to an activating group) is 1. The molecule has 0 bridgehead atoms. The lowest BCUT2D eigenvalue weighted by molar-refractivity contribution is -0.387. The number of nitro groups is 1. The van der Waals surface area contributed by atoms with Gasteiger partial charge in [0.05, 0.1) is 21.5 Å². The van der Waals surface area contributed by atoms with Crippen molar-refractivity contribution in [1.29, 1.82) is 0 Å². The molecule has 0 radical (unpaired) electrons. The minimum Gasteiger partial charge on any atom is -0.306 e. The molecule has 2 heterocycles. The second kappa shape index (κ2) is 6.52. The average Bonchev–Trinajstić information content (AvgIpc) is 2.95. The van der Waals surface area contributed by atoms with Crippen molar-refractivity contribution in [2.75, 3.05) is 24.4 Å². The summed E-state index contributed by atoms with van der Waals surface area (Å²) >= 11 is 0. The Hall–Kier alpha value is -2.52. The lowest BCUT2D eigenvalue weighted by Crippen LogP contribution is -2.47. The number of rotatable bonds is 3. The van der Waals surface area contributed by atoms with Gasteiger partial charge in [0.15, 0.2) is 0 Å². The van der Waals surface area contributed by atoms with Crippen LogP contribution in [-0.4, -0.2) is 44.4 Å². The van der Waals surface area contributed by atoms with Crippen molar-refractivity contribution in [3.05, 3.63) is 63.5 Å². The Morgan fingerprint density at radius 2 is 1.96 bits per heavy atom. The van der Waals surface area contributed by atoms with Crippen LogP contribution in [0.4, 0.5) is 15.8 Å². The van der Waals surface area contributed by atoms with Gasteiger partial charge in [0.2, 0.25) is 5.82 Å². The lowest BCUT2D eigenvalue weighted by atomic mass is 9.89. The van der Waals surface area contributed by atoms with Gasteiger partial charge < -0.3 is 4.90 Å². The molecule has 1 fully saturated rings. The maximum Gasteiger partial charge on any atom is 0.306 e. The Balaban J connectivity index is 1.86. The Kier molecular flexibility index (Phi) is 4.39. The maximum absolute atomic E-state index is 13.7. The van der Waals surface area contributed by atoms with E-state index in [1.807, 2.05) is 26.1 Å². The molecule has 0 unspecified atom stereocenters. The van der Waals surface area contributed by atoms with Gasteiger partial charge in [0.1, 0.15) is 0 Å². The fourth-order valence-electron chi connectivity index (χ4n) is 4.25. The molecule has 1 saturated heterocycles. The molecular weight excluding hydrogens is 385 g/mol. The molecule has 0 aromatic heterocycles. The third-order valence-electron chi connectivity index (χ3n) is 5.57. The second-order valence-electron chi connectivity index (χ2n) is 7.46. The molecule has 2 aliphatic heterocycles. The van der Waals surface area contributed by atoms with Crippen molar-refractivity contribution in [3.63, 3.8) is 0 Å². The molecule has 2 aromatic carbocycles. The predicted octanol–water partition coefficient (Wildman–Crippen LogP) is 3.04. The second-order valence-corrected chi connectivity index (χ2v) is 9.27. The number of sulfonamides is 1. The first kappa shape index (κ1) is 18.8. The highest BCUT2D eigenvalue weighted by molar-refractivity contribution is 7.92. The SMILES string of the molecule is Cc1ccc2c(c1)[C@H]1CN(C)CC[C@@H]1N2S(=O)(=O)c1ccc(F)c([N+](=O)[O-])c1. The van der Waals surface area contributed by atoms with E-state index in [2.05, 4.69) is 4.90 Å². The summed E-state index contributed by atoms with van der Waals surface area (Å²) in [6, 6.07) is 8.13. The number of benzene rings is 2. The standard InChI is InChI=1S/C19H20FN3O4S/c1-12-3-6-17-14(9-12)15-11-21(2)8-7-18(15)22(17)28(26,27)13-4-5-16(20)19(10-13)23(24)25/h3-6,9-10,15,18H,7-8,11H2,1-2H3/t15-,18+/m1/s1. The molecule has 2 atom stereocenters. The number of nitro benzene ring substituents is 1. The monoisotopic (exact) mass is 405 g/mol. The van der Waals surface area contributed by atoms with E-state index in [4.69, 9.17) is 0 Å². The van der Waals surface area contributed by atoms with Crippen LogP contribution in [0, 0.1) is 22.9 Å². The number of fused-ring (bicyclic) bond motifs is 3. The first-order valence-electron chi connectivity index (χ1n) is 8.97. The lowest BCUT2D eigenvalue weighted by Gasteiger charge is -2.36. The Morgan fingerprint density at radius 3 is 2.68 bits per heavy atom. The number of nitrogens with zero attached hydrogens (tertiary/aromatic N) is 3. The van der Waals surface area contributed by atoms with Crippen LogP contribution in [0.15, 0.2) is 41.3 Å². The van der Waals surface area contributed by atoms with Crippen LogP contribution in [0.2, 0.25) is 0 Å². The number of halogens is 1. The zero-order valence-electron chi connectivity index (χ0n) is 15.5. The Bertz CT molecular complexity index is 1070. The molecule has 2 aromatic rings. The highest BCUT2D eigenvalue weighted by Gasteiger charge is 2.47. The fourth-order valence-corrected chi connectivity index (χ4v) is 6.02. The van der Waals surface area contributed by atoms with Gasteiger partial charge in [-0.05, 0) is 50.7 Å². The molecule has 0 N–H and O–H groups in total. The van der Waals surface area contributed by atoms with Crippen LogP contribution in [0.3, 0.4) is 0 Å². The van der Waals surface area contributed by atoms with Crippen LogP contribution in [0.5, 0.6) is 0 Å². The summed E-state index contributed by atoms with van der Waals surface area (Å²) in [5.41, 5.74) is 1.77. The first-order valence-corrected chi connectivity index (χ1v) is 10.4. The molecule has 4 rings (SSSR count). The number of likely N-dealkylation sites (tertiary alicyclic amines) is 1. The van der Waals surface area contributed by atoms with Gasteiger partial charge in [-0.2, -0.15) is 4.39 Å². The predicted molar refractivity (Wildman–Crippen MR) is 103 cm³/mol. The summed E-state index contributed by atoms with van der Waals surface area (Å²) < 4.78 is 42.1. The molecule has 0 spiro atoms. The number of anilines is 1. The summed E-state index contributed by atoms with van der Waals surface area (Å²) in [4.78, 5) is 12.1. The first-order chi connectivity index (χ1) is 13.2. The fraction of sp³-hybridized carbons (Fsp3) is 0.368. The van der Waals surface area contributed by atoms with Crippen molar-refractivity contribution in [2.45, 2.75) is 30.2 Å². The molecule has 0 amide bonds. The smallest absolute Gasteiger partial charge is 0.306 e. The van der Waals surface area contributed by atoms with E-state index in [0.29, 0.717) is 12.1 Å². The van der Waals surface area contributed by atoms with Crippen LogP contribution in [0.1, 0.15) is 23.5 Å². The zero-order chi connectivity index (χ0) is 20.2. The molecular formula is C19H20FN3O4S. The normalized spacial score (nSPS) is 22.0. The maximum atomic E-state index is 13.7. The van der Waals surface area contributed by atoms with Crippen LogP contribution in [-0.2, 0) is 10.0 Å². The summed E-state index contributed by atoms with van der Waals surface area (Å²) in [6.07, 6.45) is 0.650. The van der Waals surface area contributed by atoms with E-state index in [1.165, 1.54) is 4.31 Å². The number of hydrogen-bond acceptors (Lipinski definition) is 5. The molecule has 7 nitrogen and oxygen atoms in total. The van der Waals surface area contributed by atoms with E-state index < -0.39 is 26.5 Å². The van der Waals surface area contributed by atoms with Crippen LogP contribution < -0.4 is 4.31 Å². The third kappa shape index (κ3) is 2.85. The average molecular weight is 405 g/mol. The molecule has 2 aliphatic rings. The van der Waals surface area contributed by atoms with Gasteiger partial charge in [-0.15, -0.1) is 0 Å². The van der Waals surface area contributed by atoms with E-state index in [-0.39, 0.29) is 16.9 Å². The highest BCUT2D eigenvalue weighted by Crippen LogP contribution is 2.47.